The van der Waals surface area contributed by atoms with Crippen LogP contribution in [0, 0.1) is 5.41 Å². The van der Waals surface area contributed by atoms with E-state index in [9.17, 15) is 0 Å². The summed E-state index contributed by atoms with van der Waals surface area (Å²) < 4.78 is 4.94. The van der Waals surface area contributed by atoms with Crippen LogP contribution in [0.15, 0.2) is 24.3 Å². The van der Waals surface area contributed by atoms with Crippen molar-refractivity contribution in [2.24, 2.45) is 0 Å². The molecule has 48 valence electrons. The van der Waals surface area contributed by atoms with Crippen molar-refractivity contribution in [3.05, 3.63) is 24.3 Å². The van der Waals surface area contributed by atoms with Crippen molar-refractivity contribution in [3.8, 4) is 0 Å². The van der Waals surface area contributed by atoms with Crippen LogP contribution >= 0.6 is 0 Å². The van der Waals surface area contributed by atoms with E-state index in [1.807, 2.05) is 18.2 Å². The molecule has 0 radical (unpaired) electrons. The number of allylic oxidation sites excluding steroid dienone is 2. The van der Waals surface area contributed by atoms with Gasteiger partial charge in [0, 0.05) is 7.11 Å². The summed E-state index contributed by atoms with van der Waals surface area (Å²) in [4.78, 5) is 0. The highest BCUT2D eigenvalue weighted by Crippen LogP contribution is 2.01. The Morgan fingerprint density at radius 3 is 2.78 bits per heavy atom. The van der Waals surface area contributed by atoms with Crippen LogP contribution in [0.1, 0.15) is 0 Å². The minimum Gasteiger partial charge on any atom is -0.371 e. The number of hydrogen-bond donors (Lipinski definition) is 1. The summed E-state index contributed by atoms with van der Waals surface area (Å²) in [5.74, 6) is 0. The van der Waals surface area contributed by atoms with E-state index in [-0.39, 0.29) is 6.10 Å². The van der Waals surface area contributed by atoms with Crippen molar-refractivity contribution in [2.45, 2.75) is 6.10 Å². The molecule has 0 saturated heterocycles. The van der Waals surface area contributed by atoms with Gasteiger partial charge in [-0.05, 0) is 12.2 Å². The maximum Gasteiger partial charge on any atom is 0.117 e. The third-order valence-electron chi connectivity index (χ3n) is 1.23. The van der Waals surface area contributed by atoms with E-state index in [0.29, 0.717) is 5.71 Å². The molecule has 1 N–H and O–H groups in total. The highest BCUT2D eigenvalue weighted by Gasteiger charge is 2.07. The molecule has 2 heteroatoms. The number of ether oxygens (including phenoxy) is 1. The summed E-state index contributed by atoms with van der Waals surface area (Å²) in [5.41, 5.74) is 0.514. The van der Waals surface area contributed by atoms with E-state index in [2.05, 4.69) is 0 Å². The second-order valence-corrected chi connectivity index (χ2v) is 1.86. The fourth-order valence-electron chi connectivity index (χ4n) is 0.728. The predicted molar refractivity (Wildman–Crippen MR) is 36.8 cm³/mol. The molecule has 1 unspecified atom stereocenters. The first-order valence-electron chi connectivity index (χ1n) is 2.80. The summed E-state index contributed by atoms with van der Waals surface area (Å²) in [6.45, 7) is 0. The van der Waals surface area contributed by atoms with Crippen LogP contribution in [0.2, 0.25) is 0 Å². The van der Waals surface area contributed by atoms with E-state index in [1.54, 1.807) is 13.2 Å². The van der Waals surface area contributed by atoms with Crippen molar-refractivity contribution in [1.82, 2.24) is 0 Å². The van der Waals surface area contributed by atoms with Crippen LogP contribution in [0.25, 0.3) is 0 Å². The highest BCUT2D eigenvalue weighted by atomic mass is 16.5. The maximum atomic E-state index is 7.28. The smallest absolute Gasteiger partial charge is 0.117 e. The lowest BCUT2D eigenvalue weighted by molar-refractivity contribution is 0.191. The number of rotatable bonds is 1. The first kappa shape index (κ1) is 6.23. The molecule has 2 nitrogen and oxygen atoms in total. The monoisotopic (exact) mass is 123 g/mol. The molecule has 0 aliphatic heterocycles. The molecule has 1 aliphatic carbocycles. The Morgan fingerprint density at radius 1 is 1.56 bits per heavy atom. The van der Waals surface area contributed by atoms with Gasteiger partial charge < -0.3 is 10.1 Å². The van der Waals surface area contributed by atoms with Gasteiger partial charge in [0.05, 0.1) is 5.71 Å². The minimum atomic E-state index is -0.130. The number of nitrogens with one attached hydrogen (secondary N) is 1. The van der Waals surface area contributed by atoms with E-state index < -0.39 is 0 Å². The Morgan fingerprint density at radius 2 is 2.33 bits per heavy atom. The number of methoxy groups -OCH3 is 1. The fourth-order valence-corrected chi connectivity index (χ4v) is 0.728. The number of hydrogen-bond acceptors (Lipinski definition) is 2. The van der Waals surface area contributed by atoms with Gasteiger partial charge in [-0.3, -0.25) is 0 Å². The second-order valence-electron chi connectivity index (χ2n) is 1.86. The van der Waals surface area contributed by atoms with Gasteiger partial charge in [-0.2, -0.15) is 0 Å². The van der Waals surface area contributed by atoms with Crippen molar-refractivity contribution < 1.29 is 4.74 Å². The van der Waals surface area contributed by atoms with Crippen LogP contribution < -0.4 is 0 Å². The summed E-state index contributed by atoms with van der Waals surface area (Å²) in [6, 6.07) is 0. The Bertz CT molecular complexity index is 170. The first-order chi connectivity index (χ1) is 4.34. The Balaban J connectivity index is 2.66. The zero-order chi connectivity index (χ0) is 6.69. The molecule has 9 heavy (non-hydrogen) atoms. The van der Waals surface area contributed by atoms with Crippen LogP contribution in [-0.2, 0) is 4.74 Å². The molecule has 1 rings (SSSR count). The highest BCUT2D eigenvalue weighted by molar-refractivity contribution is 5.98. The molecule has 0 spiro atoms. The van der Waals surface area contributed by atoms with Gasteiger partial charge in [-0.15, -0.1) is 0 Å². The summed E-state index contributed by atoms with van der Waals surface area (Å²) in [7, 11) is 1.60. The second kappa shape index (κ2) is 2.60. The standard InChI is InChI=1S/C7H9NO/c1-9-7-5-3-2-4-6(7)8/h2-5,7-8H,1H3. The Labute approximate surface area is 54.3 Å². The zero-order valence-electron chi connectivity index (χ0n) is 5.29. The topological polar surface area (TPSA) is 33.1 Å². The molecule has 1 aliphatic rings. The van der Waals surface area contributed by atoms with Gasteiger partial charge in [-0.25, -0.2) is 0 Å². The lowest BCUT2D eigenvalue weighted by Crippen LogP contribution is -2.18. The van der Waals surface area contributed by atoms with E-state index in [1.165, 1.54) is 0 Å². The van der Waals surface area contributed by atoms with Gasteiger partial charge in [0.15, 0.2) is 0 Å². The molecular formula is C7H9NO. The van der Waals surface area contributed by atoms with E-state index in [4.69, 9.17) is 10.1 Å². The first-order valence-corrected chi connectivity index (χ1v) is 2.80. The molecule has 0 bridgehead atoms. The third-order valence-corrected chi connectivity index (χ3v) is 1.23. The van der Waals surface area contributed by atoms with Crippen LogP contribution in [-0.4, -0.2) is 18.9 Å². The third kappa shape index (κ3) is 1.27. The molecule has 0 aromatic heterocycles. The molecule has 0 aromatic carbocycles. The lowest BCUT2D eigenvalue weighted by atomic mass is 10.1. The van der Waals surface area contributed by atoms with Gasteiger partial charge in [0.1, 0.15) is 6.10 Å². The van der Waals surface area contributed by atoms with Crippen molar-refractivity contribution in [3.63, 3.8) is 0 Å². The zero-order valence-corrected chi connectivity index (χ0v) is 5.29. The van der Waals surface area contributed by atoms with Crippen LogP contribution in [0.5, 0.6) is 0 Å². The molecular weight excluding hydrogens is 114 g/mol. The maximum absolute atomic E-state index is 7.28. The Hall–Kier alpha value is -0.890. The lowest BCUT2D eigenvalue weighted by Gasteiger charge is -2.10. The molecule has 0 fully saturated rings. The summed E-state index contributed by atoms with van der Waals surface area (Å²) in [5, 5.41) is 7.28. The Kier molecular flexibility index (Phi) is 1.80. The van der Waals surface area contributed by atoms with Gasteiger partial charge in [0.25, 0.3) is 0 Å². The summed E-state index contributed by atoms with van der Waals surface area (Å²) >= 11 is 0. The molecule has 1 atom stereocenters. The van der Waals surface area contributed by atoms with Gasteiger partial charge >= 0.3 is 0 Å². The normalized spacial score (nSPS) is 25.0. The van der Waals surface area contributed by atoms with Crippen molar-refractivity contribution in [2.75, 3.05) is 7.11 Å². The van der Waals surface area contributed by atoms with Crippen molar-refractivity contribution >= 4 is 5.71 Å². The van der Waals surface area contributed by atoms with Gasteiger partial charge in [-0.1, -0.05) is 12.2 Å². The average molecular weight is 123 g/mol. The van der Waals surface area contributed by atoms with Gasteiger partial charge in [0.2, 0.25) is 0 Å². The molecule has 0 amide bonds. The van der Waals surface area contributed by atoms with Crippen LogP contribution in [0.4, 0.5) is 0 Å². The molecule has 0 aromatic rings. The van der Waals surface area contributed by atoms with Crippen molar-refractivity contribution in [1.29, 1.82) is 5.41 Å². The van der Waals surface area contributed by atoms with Crippen LogP contribution in [0.3, 0.4) is 0 Å². The van der Waals surface area contributed by atoms with E-state index in [0.717, 1.165) is 0 Å². The molecule has 0 heterocycles. The predicted octanol–water partition coefficient (Wildman–Crippen LogP) is 1.15. The summed E-state index contributed by atoms with van der Waals surface area (Å²) in [6.07, 6.45) is 7.16. The fraction of sp³-hybridized carbons (Fsp3) is 0.286. The minimum absolute atomic E-state index is 0.130. The largest absolute Gasteiger partial charge is 0.371 e. The SMILES string of the molecule is COC1C=CC=CC1=N. The quantitative estimate of drug-likeness (QED) is 0.557. The average Bonchev–Trinajstić information content (AvgIpc) is 1.89. The molecule has 0 saturated carbocycles. The van der Waals surface area contributed by atoms with E-state index >= 15 is 0 Å².